The van der Waals surface area contributed by atoms with Gasteiger partial charge in [-0.05, 0) is 49.9 Å². The third kappa shape index (κ3) is 3.21. The van der Waals surface area contributed by atoms with E-state index >= 15 is 0 Å². The van der Waals surface area contributed by atoms with Crippen LogP contribution in [0.2, 0.25) is 0 Å². The maximum absolute atomic E-state index is 4.43. The van der Waals surface area contributed by atoms with Crippen LogP contribution in [0.3, 0.4) is 0 Å². The lowest BCUT2D eigenvalue weighted by atomic mass is 10.2. The zero-order chi connectivity index (χ0) is 10.5. The van der Waals surface area contributed by atoms with Crippen molar-refractivity contribution in [2.75, 3.05) is 19.3 Å². The Morgan fingerprint density at radius 3 is 2.93 bits per heavy atom. The molecule has 0 amide bonds. The van der Waals surface area contributed by atoms with Crippen LogP contribution in [0, 0.1) is 0 Å². The lowest BCUT2D eigenvalue weighted by Crippen LogP contribution is -2.19. The summed E-state index contributed by atoms with van der Waals surface area (Å²) in [7, 11) is 0. The molecule has 15 heavy (non-hydrogen) atoms. The predicted octanol–water partition coefficient (Wildman–Crippen LogP) is 2.54. The molecule has 1 aliphatic heterocycles. The molecule has 0 radical (unpaired) electrons. The van der Waals surface area contributed by atoms with Gasteiger partial charge in [0.05, 0.1) is 5.69 Å². The van der Waals surface area contributed by atoms with E-state index in [0.29, 0.717) is 0 Å². The van der Waals surface area contributed by atoms with Crippen LogP contribution >= 0.6 is 11.8 Å². The fraction of sp³-hybridized carbons (Fsp3) is 0.583. The molecule has 1 aromatic rings. The van der Waals surface area contributed by atoms with Crippen molar-refractivity contribution < 1.29 is 0 Å². The topological polar surface area (TPSA) is 16.1 Å². The molecule has 1 aromatic heterocycles. The Kier molecular flexibility index (Phi) is 4.03. The largest absolute Gasteiger partial charge is 0.298 e. The zero-order valence-corrected chi connectivity index (χ0v) is 10.1. The Balaban J connectivity index is 1.97. The number of rotatable bonds is 4. The number of hydrogen-bond acceptors (Lipinski definition) is 3. The highest BCUT2D eigenvalue weighted by atomic mass is 32.2. The summed E-state index contributed by atoms with van der Waals surface area (Å²) in [6.45, 7) is 3.52. The van der Waals surface area contributed by atoms with Crippen molar-refractivity contribution in [2.45, 2.75) is 25.1 Å². The third-order valence-electron chi connectivity index (χ3n) is 2.78. The van der Waals surface area contributed by atoms with Crippen molar-refractivity contribution in [1.29, 1.82) is 0 Å². The average Bonchev–Trinajstić information content (AvgIpc) is 2.71. The van der Waals surface area contributed by atoms with E-state index < -0.39 is 0 Å². The first kappa shape index (κ1) is 11.0. The molecule has 3 heteroatoms. The van der Waals surface area contributed by atoms with Gasteiger partial charge in [0.1, 0.15) is 0 Å². The summed E-state index contributed by atoms with van der Waals surface area (Å²) in [6.07, 6.45) is 6.78. The lowest BCUT2D eigenvalue weighted by Gasteiger charge is -2.14. The Morgan fingerprint density at radius 1 is 1.40 bits per heavy atom. The van der Waals surface area contributed by atoms with E-state index in [1.54, 1.807) is 0 Å². The van der Waals surface area contributed by atoms with Gasteiger partial charge >= 0.3 is 0 Å². The molecule has 0 unspecified atom stereocenters. The number of pyridine rings is 1. The number of thioether (sulfide) groups is 1. The molecule has 1 fully saturated rings. The van der Waals surface area contributed by atoms with Gasteiger partial charge in [0.2, 0.25) is 0 Å². The van der Waals surface area contributed by atoms with Crippen LogP contribution < -0.4 is 0 Å². The first-order chi connectivity index (χ1) is 7.38. The van der Waals surface area contributed by atoms with Crippen LogP contribution in [0.1, 0.15) is 24.1 Å². The standard InChI is InChI=1S/C12H18N2S/c1-15-10-11-4-5-13-12(8-11)9-14-6-2-3-7-14/h4-5,8H,2-3,6-7,9-10H2,1H3. The fourth-order valence-corrected chi connectivity index (χ4v) is 2.55. The van der Waals surface area contributed by atoms with Crippen molar-refractivity contribution in [3.8, 4) is 0 Å². The van der Waals surface area contributed by atoms with Crippen molar-refractivity contribution >= 4 is 11.8 Å². The normalized spacial score (nSPS) is 17.1. The van der Waals surface area contributed by atoms with Crippen LogP contribution in [0.25, 0.3) is 0 Å². The third-order valence-corrected chi connectivity index (χ3v) is 3.40. The van der Waals surface area contributed by atoms with Crippen LogP contribution in [0.15, 0.2) is 18.3 Å². The van der Waals surface area contributed by atoms with E-state index in [-0.39, 0.29) is 0 Å². The number of aromatic nitrogens is 1. The van der Waals surface area contributed by atoms with Crippen LogP contribution in [-0.4, -0.2) is 29.2 Å². The van der Waals surface area contributed by atoms with E-state index in [2.05, 4.69) is 28.3 Å². The second-order valence-electron chi connectivity index (χ2n) is 4.07. The van der Waals surface area contributed by atoms with E-state index in [1.165, 1.54) is 37.2 Å². The number of nitrogens with zero attached hydrogens (tertiary/aromatic N) is 2. The first-order valence-electron chi connectivity index (χ1n) is 5.53. The van der Waals surface area contributed by atoms with Gasteiger partial charge in [-0.2, -0.15) is 11.8 Å². The van der Waals surface area contributed by atoms with E-state index in [0.717, 1.165) is 12.3 Å². The van der Waals surface area contributed by atoms with Crippen LogP contribution in [-0.2, 0) is 12.3 Å². The Hall–Kier alpha value is -0.540. The molecule has 2 heterocycles. The van der Waals surface area contributed by atoms with Crippen LogP contribution in [0.4, 0.5) is 0 Å². The van der Waals surface area contributed by atoms with Gasteiger partial charge in [0.15, 0.2) is 0 Å². The highest BCUT2D eigenvalue weighted by molar-refractivity contribution is 7.97. The molecule has 0 N–H and O–H groups in total. The maximum Gasteiger partial charge on any atom is 0.0546 e. The van der Waals surface area contributed by atoms with Crippen molar-refractivity contribution in [3.63, 3.8) is 0 Å². The summed E-state index contributed by atoms with van der Waals surface area (Å²) in [4.78, 5) is 6.93. The molecule has 1 saturated heterocycles. The SMILES string of the molecule is CSCc1ccnc(CN2CCCC2)c1. The summed E-state index contributed by atoms with van der Waals surface area (Å²) < 4.78 is 0. The fourth-order valence-electron chi connectivity index (χ4n) is 2.04. The first-order valence-corrected chi connectivity index (χ1v) is 6.93. The molecule has 0 saturated carbocycles. The zero-order valence-electron chi connectivity index (χ0n) is 9.28. The summed E-state index contributed by atoms with van der Waals surface area (Å²) in [5, 5.41) is 0. The molecule has 0 atom stereocenters. The van der Waals surface area contributed by atoms with Crippen molar-refractivity contribution in [1.82, 2.24) is 9.88 Å². The molecular weight excluding hydrogens is 204 g/mol. The highest BCUT2D eigenvalue weighted by Crippen LogP contribution is 2.14. The lowest BCUT2D eigenvalue weighted by molar-refractivity contribution is 0.327. The molecule has 1 aliphatic rings. The van der Waals surface area contributed by atoms with Gasteiger partial charge in [-0.15, -0.1) is 0 Å². The van der Waals surface area contributed by atoms with Gasteiger partial charge in [-0.3, -0.25) is 9.88 Å². The number of likely N-dealkylation sites (tertiary alicyclic amines) is 1. The minimum atomic E-state index is 1.03. The van der Waals surface area contributed by atoms with E-state index in [1.807, 2.05) is 18.0 Å². The van der Waals surface area contributed by atoms with E-state index in [9.17, 15) is 0 Å². The van der Waals surface area contributed by atoms with Gasteiger partial charge in [-0.1, -0.05) is 0 Å². The van der Waals surface area contributed by atoms with Crippen molar-refractivity contribution in [3.05, 3.63) is 29.6 Å². The second kappa shape index (κ2) is 5.52. The molecule has 0 spiro atoms. The van der Waals surface area contributed by atoms with Crippen molar-refractivity contribution in [2.24, 2.45) is 0 Å². The predicted molar refractivity (Wildman–Crippen MR) is 66.0 cm³/mol. The van der Waals surface area contributed by atoms with Crippen LogP contribution in [0.5, 0.6) is 0 Å². The van der Waals surface area contributed by atoms with Gasteiger partial charge in [0.25, 0.3) is 0 Å². The van der Waals surface area contributed by atoms with Gasteiger partial charge in [0, 0.05) is 18.5 Å². The summed E-state index contributed by atoms with van der Waals surface area (Å²) in [5.41, 5.74) is 2.62. The summed E-state index contributed by atoms with van der Waals surface area (Å²) in [5.74, 6) is 1.09. The molecular formula is C12H18N2S. The molecule has 0 aromatic carbocycles. The number of hydrogen-bond donors (Lipinski definition) is 0. The molecule has 2 nitrogen and oxygen atoms in total. The Bertz CT molecular complexity index is 308. The van der Waals surface area contributed by atoms with Gasteiger partial charge in [-0.25, -0.2) is 0 Å². The summed E-state index contributed by atoms with van der Waals surface area (Å²) >= 11 is 1.86. The molecule has 0 aliphatic carbocycles. The Morgan fingerprint density at radius 2 is 2.20 bits per heavy atom. The molecule has 82 valence electrons. The second-order valence-corrected chi connectivity index (χ2v) is 4.94. The van der Waals surface area contributed by atoms with E-state index in [4.69, 9.17) is 0 Å². The average molecular weight is 222 g/mol. The Labute approximate surface area is 96.1 Å². The highest BCUT2D eigenvalue weighted by Gasteiger charge is 2.12. The molecule has 0 bridgehead atoms. The maximum atomic E-state index is 4.43. The van der Waals surface area contributed by atoms with Gasteiger partial charge < -0.3 is 0 Å². The monoisotopic (exact) mass is 222 g/mol. The summed E-state index contributed by atoms with van der Waals surface area (Å²) in [6, 6.07) is 4.36. The molecule has 2 rings (SSSR count). The smallest absolute Gasteiger partial charge is 0.0546 e. The minimum absolute atomic E-state index is 1.03. The minimum Gasteiger partial charge on any atom is -0.298 e. The quantitative estimate of drug-likeness (QED) is 0.779.